The van der Waals surface area contributed by atoms with Crippen LogP contribution in [-0.2, 0) is 11.3 Å². The molecule has 4 aromatic rings. The average Bonchev–Trinajstić information content (AvgIpc) is 3.15. The van der Waals surface area contributed by atoms with Gasteiger partial charge >= 0.3 is 0 Å². The van der Waals surface area contributed by atoms with Gasteiger partial charge in [0.25, 0.3) is 11.3 Å². The maximum absolute atomic E-state index is 12.9. The van der Waals surface area contributed by atoms with E-state index in [9.17, 15) is 9.59 Å². The first kappa shape index (κ1) is 17.7. The minimum atomic E-state index is -0.284. The molecule has 2 heterocycles. The molecule has 0 atom stereocenters. The molecule has 0 bridgehead atoms. The topological polar surface area (TPSA) is 90.0 Å². The van der Waals surface area contributed by atoms with E-state index in [1.807, 2.05) is 61.5 Å². The Bertz CT molecular complexity index is 1180. The van der Waals surface area contributed by atoms with Gasteiger partial charge in [-0.2, -0.15) is 0 Å². The lowest BCUT2D eigenvalue weighted by Crippen LogP contribution is -2.23. The molecular weight excluding hydrogens is 356 g/mol. The smallest absolute Gasteiger partial charge is 0.266 e. The molecule has 7 nitrogen and oxygen atoms in total. The Morgan fingerprint density at radius 1 is 1.11 bits per heavy atom. The van der Waals surface area contributed by atoms with E-state index >= 15 is 0 Å². The minimum absolute atomic E-state index is 0.146. The summed E-state index contributed by atoms with van der Waals surface area (Å²) in [6.07, 6.45) is 1.52. The second kappa shape index (κ2) is 7.48. The maximum Gasteiger partial charge on any atom is 0.266 e. The summed E-state index contributed by atoms with van der Waals surface area (Å²) >= 11 is 0. The maximum atomic E-state index is 12.9. The number of aryl methyl sites for hydroxylation is 2. The molecule has 0 fully saturated rings. The highest BCUT2D eigenvalue weighted by Gasteiger charge is 2.17. The Morgan fingerprint density at radius 3 is 2.61 bits per heavy atom. The summed E-state index contributed by atoms with van der Waals surface area (Å²) in [6, 6.07) is 16.8. The van der Waals surface area contributed by atoms with Crippen LogP contribution >= 0.6 is 0 Å². The van der Waals surface area contributed by atoms with E-state index < -0.39 is 0 Å². The predicted octanol–water partition coefficient (Wildman–Crippen LogP) is 3.39. The Kier molecular flexibility index (Phi) is 4.72. The van der Waals surface area contributed by atoms with E-state index in [4.69, 9.17) is 4.52 Å². The third-order valence-electron chi connectivity index (χ3n) is 4.43. The first-order valence-corrected chi connectivity index (χ1v) is 8.88. The lowest BCUT2D eigenvalue weighted by atomic mass is 10.1. The number of rotatable bonds is 5. The summed E-state index contributed by atoms with van der Waals surface area (Å²) in [5.74, 6) is -0.176. The van der Waals surface area contributed by atoms with Crippen LogP contribution in [0, 0.1) is 6.92 Å². The number of benzene rings is 2. The van der Waals surface area contributed by atoms with Gasteiger partial charge in [-0.25, -0.2) is 4.98 Å². The van der Waals surface area contributed by atoms with E-state index in [0.29, 0.717) is 11.1 Å². The van der Waals surface area contributed by atoms with Gasteiger partial charge in [0.05, 0.1) is 0 Å². The zero-order valence-electron chi connectivity index (χ0n) is 15.3. The van der Waals surface area contributed by atoms with Crippen molar-refractivity contribution < 1.29 is 9.32 Å². The number of hydrogen-bond acceptors (Lipinski definition) is 5. The van der Waals surface area contributed by atoms with Crippen LogP contribution in [0.15, 0.2) is 70.2 Å². The first-order chi connectivity index (χ1) is 13.6. The van der Waals surface area contributed by atoms with Crippen LogP contribution in [0.2, 0.25) is 0 Å². The van der Waals surface area contributed by atoms with Crippen LogP contribution in [0.4, 0.5) is 5.69 Å². The quantitative estimate of drug-likeness (QED) is 0.578. The van der Waals surface area contributed by atoms with Crippen molar-refractivity contribution in [2.24, 2.45) is 0 Å². The highest BCUT2D eigenvalue weighted by Crippen LogP contribution is 2.23. The largest absolute Gasteiger partial charge is 0.335 e. The van der Waals surface area contributed by atoms with Gasteiger partial charge < -0.3 is 9.84 Å². The van der Waals surface area contributed by atoms with Crippen molar-refractivity contribution in [2.45, 2.75) is 19.9 Å². The van der Waals surface area contributed by atoms with Crippen molar-refractivity contribution in [2.75, 3.05) is 5.32 Å². The average molecular weight is 374 g/mol. The molecule has 0 saturated heterocycles. The number of nitrogens with one attached hydrogen (secondary N) is 1. The van der Waals surface area contributed by atoms with Gasteiger partial charge in [0.15, 0.2) is 0 Å². The highest BCUT2D eigenvalue weighted by atomic mass is 16.5. The highest BCUT2D eigenvalue weighted by molar-refractivity contribution is 5.91. The number of carbonyl (C=O) groups is 1. The molecule has 1 amide bonds. The van der Waals surface area contributed by atoms with Gasteiger partial charge in [-0.3, -0.25) is 14.2 Å². The van der Waals surface area contributed by atoms with Crippen molar-refractivity contribution in [1.29, 1.82) is 0 Å². The summed E-state index contributed by atoms with van der Waals surface area (Å²) in [5.41, 5.74) is 2.97. The van der Waals surface area contributed by atoms with Crippen LogP contribution in [-0.4, -0.2) is 20.6 Å². The van der Waals surface area contributed by atoms with E-state index in [1.165, 1.54) is 10.9 Å². The second-order valence-corrected chi connectivity index (χ2v) is 6.48. The van der Waals surface area contributed by atoms with Crippen LogP contribution in [0.25, 0.3) is 22.4 Å². The zero-order chi connectivity index (χ0) is 19.5. The Balaban J connectivity index is 1.54. The van der Waals surface area contributed by atoms with Gasteiger partial charge in [-0.05, 0) is 19.1 Å². The standard InChI is InChI=1S/C21H18N4O3/c1-14-7-9-16(10-8-14)23-17(26)11-12-25-13-22-20-18(21(25)27)19(24-28-20)15-5-3-2-4-6-15/h2-10,13H,11-12H2,1H3,(H,23,26). The summed E-state index contributed by atoms with van der Waals surface area (Å²) in [7, 11) is 0. The number of anilines is 1. The summed E-state index contributed by atoms with van der Waals surface area (Å²) in [4.78, 5) is 29.3. The number of amides is 1. The van der Waals surface area contributed by atoms with Crippen LogP contribution in [0.1, 0.15) is 12.0 Å². The van der Waals surface area contributed by atoms with Crippen molar-refractivity contribution >= 4 is 22.7 Å². The van der Waals surface area contributed by atoms with E-state index in [-0.39, 0.29) is 30.1 Å². The Hall–Kier alpha value is -3.74. The lowest BCUT2D eigenvalue weighted by molar-refractivity contribution is -0.116. The molecule has 140 valence electrons. The summed E-state index contributed by atoms with van der Waals surface area (Å²) < 4.78 is 6.60. The number of hydrogen-bond donors (Lipinski definition) is 1. The molecule has 0 aliphatic heterocycles. The van der Waals surface area contributed by atoms with Gasteiger partial charge in [0, 0.05) is 24.2 Å². The fourth-order valence-electron chi connectivity index (χ4n) is 2.92. The molecule has 28 heavy (non-hydrogen) atoms. The molecule has 0 saturated carbocycles. The van der Waals surface area contributed by atoms with Crippen LogP contribution < -0.4 is 10.9 Å². The number of nitrogens with zero attached hydrogens (tertiary/aromatic N) is 3. The minimum Gasteiger partial charge on any atom is -0.335 e. The molecule has 0 aliphatic rings. The molecule has 0 aliphatic carbocycles. The Morgan fingerprint density at radius 2 is 1.86 bits per heavy atom. The monoisotopic (exact) mass is 374 g/mol. The van der Waals surface area contributed by atoms with E-state index in [1.54, 1.807) is 0 Å². The summed E-state index contributed by atoms with van der Waals surface area (Å²) in [5, 5.41) is 7.13. The third-order valence-corrected chi connectivity index (χ3v) is 4.43. The second-order valence-electron chi connectivity index (χ2n) is 6.48. The first-order valence-electron chi connectivity index (χ1n) is 8.88. The van der Waals surface area contributed by atoms with Crippen LogP contribution in [0.5, 0.6) is 0 Å². The molecule has 0 spiro atoms. The van der Waals surface area contributed by atoms with Gasteiger partial charge in [-0.1, -0.05) is 53.2 Å². The molecule has 0 unspecified atom stereocenters. The summed E-state index contributed by atoms with van der Waals surface area (Å²) in [6.45, 7) is 2.19. The van der Waals surface area contributed by atoms with E-state index in [0.717, 1.165) is 16.8 Å². The SMILES string of the molecule is Cc1ccc(NC(=O)CCn2cnc3onc(-c4ccccc4)c3c2=O)cc1. The normalized spacial score (nSPS) is 10.9. The van der Waals surface area contributed by atoms with Crippen molar-refractivity contribution in [3.05, 3.63) is 76.8 Å². The molecule has 2 aromatic heterocycles. The van der Waals surface area contributed by atoms with Gasteiger partial charge in [0.1, 0.15) is 17.4 Å². The zero-order valence-corrected chi connectivity index (χ0v) is 15.3. The number of fused-ring (bicyclic) bond motifs is 1. The number of aromatic nitrogens is 3. The molecule has 7 heteroatoms. The number of carbonyl (C=O) groups excluding carboxylic acids is 1. The lowest BCUT2D eigenvalue weighted by Gasteiger charge is -2.07. The van der Waals surface area contributed by atoms with Gasteiger partial charge in [0.2, 0.25) is 5.91 Å². The fraction of sp³-hybridized carbons (Fsp3) is 0.143. The molecule has 1 N–H and O–H groups in total. The fourth-order valence-corrected chi connectivity index (χ4v) is 2.92. The predicted molar refractivity (Wildman–Crippen MR) is 106 cm³/mol. The molecule has 0 radical (unpaired) electrons. The molecule has 4 rings (SSSR count). The van der Waals surface area contributed by atoms with Crippen LogP contribution in [0.3, 0.4) is 0 Å². The third kappa shape index (κ3) is 3.55. The van der Waals surface area contributed by atoms with E-state index in [2.05, 4.69) is 15.5 Å². The van der Waals surface area contributed by atoms with Crippen molar-refractivity contribution in [3.8, 4) is 11.3 Å². The molecule has 2 aromatic carbocycles. The van der Waals surface area contributed by atoms with Crippen molar-refractivity contribution in [3.63, 3.8) is 0 Å². The molecular formula is C21H18N4O3. The Labute approximate surface area is 160 Å². The van der Waals surface area contributed by atoms with Gasteiger partial charge in [-0.15, -0.1) is 0 Å². The van der Waals surface area contributed by atoms with Crippen molar-refractivity contribution in [1.82, 2.24) is 14.7 Å².